The monoisotopic (exact) mass is 377 g/mol. The Morgan fingerprint density at radius 3 is 2.36 bits per heavy atom. The van der Waals surface area contributed by atoms with Crippen LogP contribution in [-0.4, -0.2) is 20.1 Å². The molecule has 1 amide bonds. The van der Waals surface area contributed by atoms with Gasteiger partial charge in [0.2, 0.25) is 5.91 Å². The molecule has 0 aliphatic heterocycles. The van der Waals surface area contributed by atoms with Gasteiger partial charge in [0.15, 0.2) is 9.84 Å². The van der Waals surface area contributed by atoms with Gasteiger partial charge in [0.1, 0.15) is 0 Å². The molecule has 2 aromatic rings. The summed E-state index contributed by atoms with van der Waals surface area (Å²) in [5.41, 5.74) is 0.960. The Morgan fingerprint density at radius 2 is 1.84 bits per heavy atom. The molecule has 0 atom stereocenters. The first-order valence-electron chi connectivity index (χ1n) is 8.28. The number of anilines is 1. The number of rotatable bonds is 5. The van der Waals surface area contributed by atoms with E-state index in [1.165, 1.54) is 12.1 Å². The van der Waals surface area contributed by atoms with Crippen molar-refractivity contribution in [1.82, 2.24) is 0 Å². The third kappa shape index (κ3) is 3.44. The zero-order chi connectivity index (χ0) is 18.1. The fourth-order valence-electron chi connectivity index (χ4n) is 3.13. The molecule has 0 unspecified atom stereocenters. The summed E-state index contributed by atoms with van der Waals surface area (Å²) in [4.78, 5) is 13.2. The fraction of sp³-hybridized carbons (Fsp3) is 0.316. The molecule has 0 aromatic heterocycles. The SMILES string of the molecule is CCS(=O)(=O)c1ccc(NC(=O)C2(c3cccc(Cl)c3)CCC2)cc1. The molecule has 0 bridgehead atoms. The molecule has 0 radical (unpaired) electrons. The summed E-state index contributed by atoms with van der Waals surface area (Å²) >= 11 is 6.08. The van der Waals surface area contributed by atoms with Crippen molar-refractivity contribution in [3.05, 3.63) is 59.1 Å². The first kappa shape index (κ1) is 18.0. The quantitative estimate of drug-likeness (QED) is 0.849. The van der Waals surface area contributed by atoms with Crippen LogP contribution >= 0.6 is 11.6 Å². The van der Waals surface area contributed by atoms with Crippen LogP contribution in [0.1, 0.15) is 31.7 Å². The molecular formula is C19H20ClNO3S. The van der Waals surface area contributed by atoms with Crippen molar-refractivity contribution in [2.75, 3.05) is 11.1 Å². The van der Waals surface area contributed by atoms with E-state index in [9.17, 15) is 13.2 Å². The highest BCUT2D eigenvalue weighted by atomic mass is 35.5. The smallest absolute Gasteiger partial charge is 0.235 e. The first-order valence-corrected chi connectivity index (χ1v) is 10.3. The third-order valence-corrected chi connectivity index (χ3v) is 6.86. The molecule has 0 saturated heterocycles. The van der Waals surface area contributed by atoms with Gasteiger partial charge < -0.3 is 5.32 Å². The van der Waals surface area contributed by atoms with Gasteiger partial charge in [-0.25, -0.2) is 8.42 Å². The number of amides is 1. The van der Waals surface area contributed by atoms with Crippen LogP contribution in [0.5, 0.6) is 0 Å². The van der Waals surface area contributed by atoms with Gasteiger partial charge in [-0.3, -0.25) is 4.79 Å². The molecular weight excluding hydrogens is 358 g/mol. The molecule has 25 heavy (non-hydrogen) atoms. The Kier molecular flexibility index (Phi) is 4.89. The summed E-state index contributed by atoms with van der Waals surface area (Å²) in [5.74, 6) is -0.0246. The van der Waals surface area contributed by atoms with Crippen molar-refractivity contribution in [3.8, 4) is 0 Å². The normalized spacial score (nSPS) is 16.1. The lowest BCUT2D eigenvalue weighted by Gasteiger charge is -2.40. The average Bonchev–Trinajstić information content (AvgIpc) is 2.54. The summed E-state index contributed by atoms with van der Waals surface area (Å²) in [5, 5.41) is 3.54. The molecule has 3 rings (SSSR count). The summed E-state index contributed by atoms with van der Waals surface area (Å²) in [6.07, 6.45) is 2.55. The zero-order valence-corrected chi connectivity index (χ0v) is 15.5. The molecule has 1 aliphatic rings. The van der Waals surface area contributed by atoms with E-state index in [-0.39, 0.29) is 16.6 Å². The maximum atomic E-state index is 12.9. The molecule has 1 N–H and O–H groups in total. The molecule has 4 nitrogen and oxygen atoms in total. The highest BCUT2D eigenvalue weighted by Crippen LogP contribution is 2.45. The van der Waals surface area contributed by atoms with E-state index in [0.717, 1.165) is 24.8 Å². The lowest BCUT2D eigenvalue weighted by Crippen LogP contribution is -2.46. The van der Waals surface area contributed by atoms with Gasteiger partial charge in [0, 0.05) is 10.7 Å². The van der Waals surface area contributed by atoms with Gasteiger partial charge in [-0.1, -0.05) is 37.1 Å². The van der Waals surface area contributed by atoms with E-state index < -0.39 is 15.3 Å². The van der Waals surface area contributed by atoms with E-state index in [1.54, 1.807) is 25.1 Å². The van der Waals surface area contributed by atoms with Crippen molar-refractivity contribution in [3.63, 3.8) is 0 Å². The van der Waals surface area contributed by atoms with Gasteiger partial charge in [0.05, 0.1) is 16.1 Å². The lowest BCUT2D eigenvalue weighted by molar-refractivity contribution is -0.124. The molecule has 1 aliphatic carbocycles. The maximum Gasteiger partial charge on any atom is 0.235 e. The summed E-state index contributed by atoms with van der Waals surface area (Å²) in [6, 6.07) is 13.7. The van der Waals surface area contributed by atoms with E-state index in [4.69, 9.17) is 11.6 Å². The van der Waals surface area contributed by atoms with Crippen LogP contribution < -0.4 is 5.32 Å². The van der Waals surface area contributed by atoms with E-state index in [0.29, 0.717) is 10.7 Å². The number of halogens is 1. The number of carbonyl (C=O) groups excluding carboxylic acids is 1. The van der Waals surface area contributed by atoms with Gasteiger partial charge in [-0.05, 0) is 54.8 Å². The number of sulfone groups is 1. The molecule has 0 spiro atoms. The minimum atomic E-state index is -3.24. The lowest BCUT2D eigenvalue weighted by atomic mass is 9.64. The van der Waals surface area contributed by atoms with Crippen LogP contribution in [0, 0.1) is 0 Å². The van der Waals surface area contributed by atoms with Gasteiger partial charge in [0.25, 0.3) is 0 Å². The second-order valence-electron chi connectivity index (χ2n) is 6.33. The zero-order valence-electron chi connectivity index (χ0n) is 14.0. The number of hydrogen-bond acceptors (Lipinski definition) is 3. The number of hydrogen-bond donors (Lipinski definition) is 1. The Morgan fingerprint density at radius 1 is 1.16 bits per heavy atom. The molecule has 1 saturated carbocycles. The van der Waals surface area contributed by atoms with Crippen molar-refractivity contribution in [1.29, 1.82) is 0 Å². The predicted molar refractivity (Wildman–Crippen MR) is 99.8 cm³/mol. The number of benzene rings is 2. The summed E-state index contributed by atoms with van der Waals surface area (Å²) in [7, 11) is -3.24. The average molecular weight is 378 g/mol. The van der Waals surface area contributed by atoms with Crippen LogP contribution in [0.2, 0.25) is 5.02 Å². The Bertz CT molecular complexity index is 887. The Hall–Kier alpha value is -1.85. The van der Waals surface area contributed by atoms with Crippen molar-refractivity contribution < 1.29 is 13.2 Å². The van der Waals surface area contributed by atoms with Crippen molar-refractivity contribution in [2.24, 2.45) is 0 Å². The van der Waals surface area contributed by atoms with Crippen LogP contribution in [0.25, 0.3) is 0 Å². The fourth-order valence-corrected chi connectivity index (χ4v) is 4.20. The second kappa shape index (κ2) is 6.81. The Labute approximate surface area is 153 Å². The first-order chi connectivity index (χ1) is 11.9. The molecule has 2 aromatic carbocycles. The standard InChI is InChI=1S/C19H20ClNO3S/c1-2-25(23,24)17-9-7-16(8-10-17)21-18(22)19(11-4-12-19)14-5-3-6-15(20)13-14/h3,5-10,13H,2,4,11-12H2,1H3,(H,21,22). The Balaban J connectivity index is 1.81. The van der Waals surface area contributed by atoms with Crippen molar-refractivity contribution >= 4 is 33.0 Å². The minimum Gasteiger partial charge on any atom is -0.325 e. The molecule has 1 fully saturated rings. The van der Waals surface area contributed by atoms with Crippen molar-refractivity contribution in [2.45, 2.75) is 36.5 Å². The predicted octanol–water partition coefficient (Wildman–Crippen LogP) is 4.19. The molecule has 132 valence electrons. The van der Waals surface area contributed by atoms with Gasteiger partial charge >= 0.3 is 0 Å². The van der Waals surface area contributed by atoms with Crippen LogP contribution in [0.3, 0.4) is 0 Å². The minimum absolute atomic E-state index is 0.0522. The number of carbonyl (C=O) groups is 1. The molecule has 0 heterocycles. The largest absolute Gasteiger partial charge is 0.325 e. The summed E-state index contributed by atoms with van der Waals surface area (Å²) in [6.45, 7) is 1.61. The van der Waals surface area contributed by atoms with Crippen LogP contribution in [-0.2, 0) is 20.0 Å². The topological polar surface area (TPSA) is 63.2 Å². The third-order valence-electron chi connectivity index (χ3n) is 4.87. The molecule has 6 heteroatoms. The summed E-state index contributed by atoms with van der Waals surface area (Å²) < 4.78 is 23.7. The van der Waals surface area contributed by atoms with Gasteiger partial charge in [-0.2, -0.15) is 0 Å². The van der Waals surface area contributed by atoms with Crippen LogP contribution in [0.4, 0.5) is 5.69 Å². The maximum absolute atomic E-state index is 12.9. The number of nitrogens with one attached hydrogen (secondary N) is 1. The van der Waals surface area contributed by atoms with Gasteiger partial charge in [-0.15, -0.1) is 0 Å². The highest BCUT2D eigenvalue weighted by molar-refractivity contribution is 7.91. The van der Waals surface area contributed by atoms with E-state index in [1.807, 2.05) is 18.2 Å². The second-order valence-corrected chi connectivity index (χ2v) is 9.04. The van der Waals surface area contributed by atoms with E-state index in [2.05, 4.69) is 5.32 Å². The highest BCUT2D eigenvalue weighted by Gasteiger charge is 2.45. The van der Waals surface area contributed by atoms with Crippen LogP contribution in [0.15, 0.2) is 53.4 Å². The van der Waals surface area contributed by atoms with E-state index >= 15 is 0 Å².